The minimum Gasteiger partial charge on any atom is -0.408 e. The molecule has 0 N–H and O–H groups in total. The predicted molar refractivity (Wildman–Crippen MR) is 51.8 cm³/mol. The van der Waals surface area contributed by atoms with Crippen LogP contribution >= 0.6 is 0 Å². The second kappa shape index (κ2) is 3.36. The molecule has 0 radical (unpaired) electrons. The van der Waals surface area contributed by atoms with E-state index in [1.54, 1.807) is 4.90 Å². The maximum atomic E-state index is 5.42. The number of rotatable bonds is 2. The monoisotopic (exact) mass is 183 g/mol. The Labute approximate surface area is 78.9 Å². The summed E-state index contributed by atoms with van der Waals surface area (Å²) >= 11 is 0. The zero-order valence-corrected chi connectivity index (χ0v) is 8.96. The van der Waals surface area contributed by atoms with Gasteiger partial charge in [0.2, 0.25) is 5.89 Å². The van der Waals surface area contributed by atoms with Crippen molar-refractivity contribution in [3.05, 3.63) is 5.89 Å². The summed E-state index contributed by atoms with van der Waals surface area (Å²) in [6.07, 6.45) is 0.813. The Bertz CT molecular complexity index is 273. The van der Waals surface area contributed by atoms with Crippen molar-refractivity contribution < 1.29 is 4.42 Å². The summed E-state index contributed by atoms with van der Waals surface area (Å²) in [5.74, 6) is 0.705. The molecule has 0 bridgehead atoms. The Kier molecular flexibility index (Phi) is 2.59. The van der Waals surface area contributed by atoms with Gasteiger partial charge in [-0.1, -0.05) is 25.9 Å². The Hall–Kier alpha value is -1.06. The van der Waals surface area contributed by atoms with E-state index in [0.717, 1.165) is 6.42 Å². The smallest absolute Gasteiger partial charge is 0.317 e. The molecule has 0 unspecified atom stereocenters. The van der Waals surface area contributed by atoms with Gasteiger partial charge in [-0.15, -0.1) is 5.10 Å². The fourth-order valence-corrected chi connectivity index (χ4v) is 0.951. The SMILES string of the molecule is CN(C)c1nnc(CC(C)(C)C)o1. The molecule has 13 heavy (non-hydrogen) atoms. The topological polar surface area (TPSA) is 42.2 Å². The van der Waals surface area contributed by atoms with Crippen molar-refractivity contribution >= 4 is 6.01 Å². The zero-order valence-electron chi connectivity index (χ0n) is 8.96. The molecule has 0 spiro atoms. The van der Waals surface area contributed by atoms with Crippen molar-refractivity contribution in [3.8, 4) is 0 Å². The van der Waals surface area contributed by atoms with E-state index in [2.05, 4.69) is 31.0 Å². The quantitative estimate of drug-likeness (QED) is 0.700. The number of aromatic nitrogens is 2. The molecule has 0 aliphatic rings. The largest absolute Gasteiger partial charge is 0.408 e. The third kappa shape index (κ3) is 3.05. The Morgan fingerprint density at radius 1 is 1.23 bits per heavy atom. The second-order valence-electron chi connectivity index (χ2n) is 4.61. The zero-order chi connectivity index (χ0) is 10.1. The fourth-order valence-electron chi connectivity index (χ4n) is 0.951. The van der Waals surface area contributed by atoms with Gasteiger partial charge in [-0.3, -0.25) is 0 Å². The first-order valence-electron chi connectivity index (χ1n) is 4.38. The maximum absolute atomic E-state index is 5.42. The average Bonchev–Trinajstić information content (AvgIpc) is 2.31. The molecule has 0 atom stereocenters. The first-order valence-corrected chi connectivity index (χ1v) is 4.38. The highest BCUT2D eigenvalue weighted by Crippen LogP contribution is 2.20. The highest BCUT2D eigenvalue weighted by atomic mass is 16.4. The van der Waals surface area contributed by atoms with Crippen LogP contribution in [0.1, 0.15) is 26.7 Å². The first-order chi connectivity index (χ1) is 5.88. The maximum Gasteiger partial charge on any atom is 0.317 e. The molecule has 4 nitrogen and oxygen atoms in total. The van der Waals surface area contributed by atoms with Crippen molar-refractivity contribution in [1.82, 2.24) is 10.2 Å². The molecule has 1 aromatic rings. The Morgan fingerprint density at radius 3 is 2.23 bits per heavy atom. The van der Waals surface area contributed by atoms with Gasteiger partial charge in [-0.2, -0.15) is 0 Å². The first kappa shape index (κ1) is 10.0. The Morgan fingerprint density at radius 2 is 1.85 bits per heavy atom. The van der Waals surface area contributed by atoms with Gasteiger partial charge >= 0.3 is 6.01 Å². The van der Waals surface area contributed by atoms with E-state index in [0.29, 0.717) is 11.9 Å². The van der Waals surface area contributed by atoms with Crippen LogP contribution in [0.25, 0.3) is 0 Å². The molecule has 4 heteroatoms. The van der Waals surface area contributed by atoms with Crippen molar-refractivity contribution in [2.24, 2.45) is 5.41 Å². The summed E-state index contributed by atoms with van der Waals surface area (Å²) in [5.41, 5.74) is 0.191. The van der Waals surface area contributed by atoms with Gasteiger partial charge in [-0.25, -0.2) is 0 Å². The van der Waals surface area contributed by atoms with Crippen LogP contribution in [0.4, 0.5) is 6.01 Å². The van der Waals surface area contributed by atoms with Crippen LogP contribution in [0.2, 0.25) is 0 Å². The number of anilines is 1. The van der Waals surface area contributed by atoms with E-state index in [1.165, 1.54) is 0 Å². The van der Waals surface area contributed by atoms with E-state index < -0.39 is 0 Å². The molecule has 1 rings (SSSR count). The molecular weight excluding hydrogens is 166 g/mol. The summed E-state index contributed by atoms with van der Waals surface area (Å²) in [5, 5.41) is 7.87. The molecule has 0 saturated heterocycles. The fraction of sp³-hybridized carbons (Fsp3) is 0.778. The van der Waals surface area contributed by atoms with Crippen molar-refractivity contribution in [3.63, 3.8) is 0 Å². The van der Waals surface area contributed by atoms with Crippen molar-refractivity contribution in [2.75, 3.05) is 19.0 Å². The van der Waals surface area contributed by atoms with Crippen LogP contribution < -0.4 is 4.90 Å². The number of nitrogens with zero attached hydrogens (tertiary/aromatic N) is 3. The van der Waals surface area contributed by atoms with Gasteiger partial charge in [0.1, 0.15) is 0 Å². The molecule has 0 aliphatic heterocycles. The predicted octanol–water partition coefficient (Wildman–Crippen LogP) is 1.72. The lowest BCUT2D eigenvalue weighted by Gasteiger charge is -2.14. The van der Waals surface area contributed by atoms with E-state index in [1.807, 2.05) is 14.1 Å². The van der Waals surface area contributed by atoms with E-state index in [4.69, 9.17) is 4.42 Å². The molecule has 0 amide bonds. The molecule has 0 saturated carbocycles. The average molecular weight is 183 g/mol. The van der Waals surface area contributed by atoms with Gasteiger partial charge in [-0.05, 0) is 5.41 Å². The summed E-state index contributed by atoms with van der Waals surface area (Å²) in [6.45, 7) is 6.44. The number of hydrogen-bond donors (Lipinski definition) is 0. The molecule has 1 aromatic heterocycles. The number of hydrogen-bond acceptors (Lipinski definition) is 4. The molecule has 0 aliphatic carbocycles. The van der Waals surface area contributed by atoms with Crippen LogP contribution in [0.15, 0.2) is 4.42 Å². The van der Waals surface area contributed by atoms with Crippen LogP contribution in [0.5, 0.6) is 0 Å². The molecule has 74 valence electrons. The minimum absolute atomic E-state index is 0.191. The van der Waals surface area contributed by atoms with Crippen LogP contribution in [0.3, 0.4) is 0 Å². The summed E-state index contributed by atoms with van der Waals surface area (Å²) in [7, 11) is 3.77. The van der Waals surface area contributed by atoms with Gasteiger partial charge in [0.05, 0.1) is 0 Å². The summed E-state index contributed by atoms with van der Waals surface area (Å²) < 4.78 is 5.42. The van der Waals surface area contributed by atoms with E-state index in [9.17, 15) is 0 Å². The minimum atomic E-state index is 0.191. The lowest BCUT2D eigenvalue weighted by molar-refractivity contribution is 0.355. The van der Waals surface area contributed by atoms with Crippen LogP contribution in [-0.2, 0) is 6.42 Å². The van der Waals surface area contributed by atoms with Crippen LogP contribution in [-0.4, -0.2) is 24.3 Å². The van der Waals surface area contributed by atoms with Gasteiger partial charge in [0.25, 0.3) is 0 Å². The third-order valence-corrected chi connectivity index (χ3v) is 1.52. The lowest BCUT2D eigenvalue weighted by atomic mass is 9.92. The van der Waals surface area contributed by atoms with E-state index in [-0.39, 0.29) is 5.41 Å². The van der Waals surface area contributed by atoms with Gasteiger partial charge in [0, 0.05) is 20.5 Å². The lowest BCUT2D eigenvalue weighted by Crippen LogP contribution is -2.09. The van der Waals surface area contributed by atoms with Crippen molar-refractivity contribution in [2.45, 2.75) is 27.2 Å². The van der Waals surface area contributed by atoms with E-state index >= 15 is 0 Å². The molecule has 0 fully saturated rings. The second-order valence-corrected chi connectivity index (χ2v) is 4.61. The molecule has 1 heterocycles. The van der Waals surface area contributed by atoms with Gasteiger partial charge < -0.3 is 9.32 Å². The highest BCUT2D eigenvalue weighted by Gasteiger charge is 2.16. The molecular formula is C9H17N3O. The van der Waals surface area contributed by atoms with Gasteiger partial charge in [0.15, 0.2) is 0 Å². The third-order valence-electron chi connectivity index (χ3n) is 1.52. The highest BCUT2D eigenvalue weighted by molar-refractivity contribution is 5.19. The summed E-state index contributed by atoms with van der Waals surface area (Å²) in [6, 6.07) is 0.569. The molecule has 0 aromatic carbocycles. The Balaban J connectivity index is 2.70. The van der Waals surface area contributed by atoms with Crippen LogP contribution in [0, 0.1) is 5.41 Å². The standard InChI is InChI=1S/C9H17N3O/c1-9(2,3)6-7-10-11-8(13-7)12(4)5/h6H2,1-5H3. The van der Waals surface area contributed by atoms with Crippen molar-refractivity contribution in [1.29, 1.82) is 0 Å². The normalized spacial score (nSPS) is 11.8. The summed E-state index contributed by atoms with van der Waals surface area (Å²) in [4.78, 5) is 1.80.